The zero-order chi connectivity index (χ0) is 12.1. The van der Waals surface area contributed by atoms with Gasteiger partial charge >= 0.3 is 0 Å². The molecule has 0 saturated carbocycles. The van der Waals surface area contributed by atoms with Crippen molar-refractivity contribution in [2.45, 2.75) is 47.5 Å². The fourth-order valence-corrected chi connectivity index (χ4v) is 1.73. The first-order chi connectivity index (χ1) is 6.86. The fourth-order valence-electron chi connectivity index (χ4n) is 1.73. The van der Waals surface area contributed by atoms with Gasteiger partial charge in [-0.25, -0.2) is 0 Å². The summed E-state index contributed by atoms with van der Waals surface area (Å²) in [5.41, 5.74) is 3.25. The van der Waals surface area contributed by atoms with E-state index in [2.05, 4.69) is 39.6 Å². The highest BCUT2D eigenvalue weighted by atomic mass is 16.1. The second-order valence-corrected chi connectivity index (χ2v) is 4.62. The molecule has 0 radical (unpaired) electrons. The van der Waals surface area contributed by atoms with Gasteiger partial charge in [-0.1, -0.05) is 39.3 Å². The van der Waals surface area contributed by atoms with E-state index in [4.69, 9.17) is 0 Å². The first-order valence-electron chi connectivity index (χ1n) is 5.44. The average molecular weight is 209 g/mol. The Morgan fingerprint density at radius 3 is 2.33 bits per heavy atom. The number of allylic oxidation sites excluding steroid dienone is 2. The van der Waals surface area contributed by atoms with Crippen LogP contribution in [0.5, 0.6) is 0 Å². The molecule has 1 amide bonds. The molecule has 0 unspecified atom stereocenters. The fraction of sp³-hybridized carbons (Fsp3) is 0.615. The summed E-state index contributed by atoms with van der Waals surface area (Å²) in [4.78, 5) is 10.3. The van der Waals surface area contributed by atoms with Gasteiger partial charge in [-0.2, -0.15) is 0 Å². The first kappa shape index (κ1) is 13.9. The van der Waals surface area contributed by atoms with Crippen LogP contribution < -0.4 is 5.32 Å². The lowest BCUT2D eigenvalue weighted by Crippen LogP contribution is -2.18. The van der Waals surface area contributed by atoms with Crippen LogP contribution in [0.25, 0.3) is 0 Å². The molecule has 0 spiro atoms. The molecule has 0 aliphatic carbocycles. The number of nitrogens with one attached hydrogen (secondary N) is 1. The molecule has 2 heteroatoms. The van der Waals surface area contributed by atoms with E-state index in [9.17, 15) is 4.79 Å². The number of carbonyl (C=O) groups excluding carboxylic acids is 1. The zero-order valence-electron chi connectivity index (χ0n) is 10.6. The van der Waals surface area contributed by atoms with Gasteiger partial charge in [0.15, 0.2) is 0 Å². The van der Waals surface area contributed by atoms with Gasteiger partial charge in [0.2, 0.25) is 6.41 Å². The molecule has 0 aromatic rings. The van der Waals surface area contributed by atoms with Gasteiger partial charge in [-0.05, 0) is 31.3 Å². The zero-order valence-corrected chi connectivity index (χ0v) is 10.6. The van der Waals surface area contributed by atoms with Gasteiger partial charge in [-0.15, -0.1) is 0 Å². The minimum Gasteiger partial charge on any atom is -0.329 e. The predicted molar refractivity (Wildman–Crippen MR) is 65.4 cm³/mol. The molecule has 0 aromatic carbocycles. The maximum absolute atomic E-state index is 10.3. The van der Waals surface area contributed by atoms with Crippen LogP contribution in [0.4, 0.5) is 0 Å². The minimum atomic E-state index is 0.173. The van der Waals surface area contributed by atoms with Crippen molar-refractivity contribution in [3.8, 4) is 0 Å². The van der Waals surface area contributed by atoms with Crippen molar-refractivity contribution < 1.29 is 4.79 Å². The van der Waals surface area contributed by atoms with E-state index in [1.165, 1.54) is 5.57 Å². The number of hydrogen-bond acceptors (Lipinski definition) is 1. The van der Waals surface area contributed by atoms with Crippen molar-refractivity contribution in [1.29, 1.82) is 0 Å². The Morgan fingerprint density at radius 2 is 1.93 bits per heavy atom. The predicted octanol–water partition coefficient (Wildman–Crippen LogP) is 3.41. The molecule has 0 saturated heterocycles. The third-order valence-electron chi connectivity index (χ3n) is 3.14. The average Bonchev–Trinajstić information content (AvgIpc) is 2.15. The van der Waals surface area contributed by atoms with E-state index in [0.29, 0.717) is 12.1 Å². The van der Waals surface area contributed by atoms with Crippen LogP contribution in [-0.4, -0.2) is 6.41 Å². The van der Waals surface area contributed by atoms with Crippen LogP contribution in [0.3, 0.4) is 0 Å². The van der Waals surface area contributed by atoms with E-state index in [1.807, 2.05) is 6.92 Å². The number of carbonyl (C=O) groups is 1. The van der Waals surface area contributed by atoms with Crippen molar-refractivity contribution >= 4 is 6.41 Å². The molecule has 0 aliphatic heterocycles. The lowest BCUT2D eigenvalue weighted by Gasteiger charge is -2.28. The van der Waals surface area contributed by atoms with E-state index in [-0.39, 0.29) is 5.41 Å². The van der Waals surface area contributed by atoms with Crippen molar-refractivity contribution in [1.82, 2.24) is 5.32 Å². The van der Waals surface area contributed by atoms with E-state index >= 15 is 0 Å². The van der Waals surface area contributed by atoms with E-state index < -0.39 is 0 Å². The van der Waals surface area contributed by atoms with Crippen LogP contribution in [0.15, 0.2) is 23.4 Å². The van der Waals surface area contributed by atoms with Crippen LogP contribution in [0.2, 0.25) is 0 Å². The summed E-state index contributed by atoms with van der Waals surface area (Å²) in [6, 6.07) is 0. The Labute approximate surface area is 93.5 Å². The molecule has 0 aromatic heterocycles. The third-order valence-corrected chi connectivity index (χ3v) is 3.14. The smallest absolute Gasteiger partial charge is 0.211 e. The number of amides is 1. The lowest BCUT2D eigenvalue weighted by molar-refractivity contribution is -0.108. The summed E-state index contributed by atoms with van der Waals surface area (Å²) in [5, 5.41) is 2.61. The third kappa shape index (κ3) is 3.90. The molecule has 1 N–H and O–H groups in total. The van der Waals surface area contributed by atoms with Crippen LogP contribution in [0, 0.1) is 5.41 Å². The van der Waals surface area contributed by atoms with Gasteiger partial charge in [0.05, 0.1) is 0 Å². The molecule has 0 heterocycles. The van der Waals surface area contributed by atoms with Gasteiger partial charge in [0.1, 0.15) is 0 Å². The first-order valence-corrected chi connectivity index (χ1v) is 5.44. The van der Waals surface area contributed by atoms with Crippen LogP contribution in [0.1, 0.15) is 47.5 Å². The quantitative estimate of drug-likeness (QED) is 0.527. The highest BCUT2D eigenvalue weighted by Crippen LogP contribution is 2.34. The van der Waals surface area contributed by atoms with Crippen molar-refractivity contribution in [2.75, 3.05) is 0 Å². The maximum Gasteiger partial charge on any atom is 0.211 e. The molecule has 15 heavy (non-hydrogen) atoms. The largest absolute Gasteiger partial charge is 0.329 e. The normalized spacial score (nSPS) is 13.1. The molecular weight excluding hydrogens is 186 g/mol. The van der Waals surface area contributed by atoms with Gasteiger partial charge in [-0.3, -0.25) is 4.79 Å². The Morgan fingerprint density at radius 1 is 1.40 bits per heavy atom. The minimum absolute atomic E-state index is 0.173. The molecule has 0 atom stereocenters. The van der Waals surface area contributed by atoms with Crippen LogP contribution >= 0.6 is 0 Å². The Balaban J connectivity index is 4.91. The number of hydrogen-bond donors (Lipinski definition) is 1. The summed E-state index contributed by atoms with van der Waals surface area (Å²) in [7, 11) is 0. The molecule has 0 fully saturated rings. The van der Waals surface area contributed by atoms with Crippen molar-refractivity contribution in [3.63, 3.8) is 0 Å². The SMILES string of the molecule is C=C(NC=O)/C(C)=C(/C)C(C)(C)CCC. The topological polar surface area (TPSA) is 29.1 Å². The van der Waals surface area contributed by atoms with Crippen molar-refractivity contribution in [3.05, 3.63) is 23.4 Å². The number of rotatable bonds is 6. The summed E-state index contributed by atoms with van der Waals surface area (Å²) in [6.07, 6.45) is 2.97. The lowest BCUT2D eigenvalue weighted by atomic mass is 9.78. The highest BCUT2D eigenvalue weighted by Gasteiger charge is 2.21. The maximum atomic E-state index is 10.3. The summed E-state index contributed by atoms with van der Waals surface area (Å²) < 4.78 is 0. The van der Waals surface area contributed by atoms with E-state index in [1.54, 1.807) is 0 Å². The molecule has 86 valence electrons. The van der Waals surface area contributed by atoms with Crippen molar-refractivity contribution in [2.24, 2.45) is 5.41 Å². The standard InChI is InChI=1S/C13H23NO/c1-7-8-13(5,6)11(3)10(2)12(4)14-9-15/h9H,4,7-8H2,1-3,5-6H3,(H,14,15)/b11-10-. The Hall–Kier alpha value is -1.05. The monoisotopic (exact) mass is 209 g/mol. The summed E-state index contributed by atoms with van der Waals surface area (Å²) in [5.74, 6) is 0. The summed E-state index contributed by atoms with van der Waals surface area (Å²) >= 11 is 0. The molecular formula is C13H23NO. The van der Waals surface area contributed by atoms with Gasteiger partial charge < -0.3 is 5.32 Å². The molecule has 2 nitrogen and oxygen atoms in total. The second-order valence-electron chi connectivity index (χ2n) is 4.62. The highest BCUT2D eigenvalue weighted by molar-refractivity contribution is 5.53. The van der Waals surface area contributed by atoms with Crippen LogP contribution in [-0.2, 0) is 4.79 Å². The molecule has 0 rings (SSSR count). The van der Waals surface area contributed by atoms with Gasteiger partial charge in [0, 0.05) is 5.70 Å². The molecule has 0 bridgehead atoms. The van der Waals surface area contributed by atoms with E-state index in [0.717, 1.165) is 18.4 Å². The summed E-state index contributed by atoms with van der Waals surface area (Å²) in [6.45, 7) is 14.6. The molecule has 0 aliphatic rings. The van der Waals surface area contributed by atoms with Gasteiger partial charge in [0.25, 0.3) is 0 Å². The Kier molecular flexibility index (Phi) is 5.34. The second kappa shape index (κ2) is 5.74. The Bertz CT molecular complexity index is 274.